The maximum atomic E-state index is 14.0. The molecule has 14 heteroatoms. The zero-order chi connectivity index (χ0) is 32.6. The van der Waals surface area contributed by atoms with Crippen LogP contribution in [0.2, 0.25) is 0 Å². The van der Waals surface area contributed by atoms with Crippen LogP contribution in [0.15, 0.2) is 41.3 Å². The topological polar surface area (TPSA) is 123 Å². The molecule has 6 rings (SSSR count). The number of amides is 1. The van der Waals surface area contributed by atoms with Crippen molar-refractivity contribution in [2.75, 3.05) is 63.6 Å². The second-order valence-corrected chi connectivity index (χ2v) is 15.1. The summed E-state index contributed by atoms with van der Waals surface area (Å²) in [4.78, 5) is 18.1. The number of carbonyl (C=O) groups is 1. The fourth-order valence-corrected chi connectivity index (χ4v) is 8.05. The summed E-state index contributed by atoms with van der Waals surface area (Å²) in [7, 11) is -2.14. The quantitative estimate of drug-likeness (QED) is 0.335. The van der Waals surface area contributed by atoms with Crippen LogP contribution in [0, 0.1) is 11.6 Å². The molecule has 0 aliphatic carbocycles. The molecular weight excluding hydrogens is 616 g/mol. The van der Waals surface area contributed by atoms with Gasteiger partial charge in [-0.15, -0.1) is 0 Å². The number of piperazine rings is 1. The van der Waals surface area contributed by atoms with Crippen molar-refractivity contribution in [1.29, 1.82) is 0 Å². The molecule has 2 saturated heterocycles. The molecule has 3 aromatic rings. The van der Waals surface area contributed by atoms with Crippen molar-refractivity contribution < 1.29 is 26.7 Å². The van der Waals surface area contributed by atoms with E-state index in [2.05, 4.69) is 37.7 Å². The number of halogens is 2. The largest absolute Gasteiger partial charge is 0.381 e. The Morgan fingerprint density at radius 3 is 2.46 bits per heavy atom. The SMILES string of the molecule is CN1CCN(Cc2ccc(C(=O)Nc3n[nH]c4c3CN(S(=O)(=O)c3cc(F)cc(F)c3)CC4(C)C)c(NC3CCOCC3)c2)CC1. The molecule has 0 spiro atoms. The second-order valence-electron chi connectivity index (χ2n) is 13.1. The van der Waals surface area contributed by atoms with Gasteiger partial charge in [0, 0.05) is 93.5 Å². The molecule has 3 N–H and O–H groups in total. The summed E-state index contributed by atoms with van der Waals surface area (Å²) >= 11 is 0. The Labute approximate surface area is 268 Å². The van der Waals surface area contributed by atoms with E-state index in [1.807, 2.05) is 32.0 Å². The Balaban J connectivity index is 1.26. The van der Waals surface area contributed by atoms with E-state index in [1.165, 1.54) is 4.31 Å². The van der Waals surface area contributed by atoms with Crippen LogP contribution >= 0.6 is 0 Å². The average Bonchev–Trinajstić information content (AvgIpc) is 3.41. The minimum atomic E-state index is -4.27. The lowest BCUT2D eigenvalue weighted by atomic mass is 9.84. The summed E-state index contributed by atoms with van der Waals surface area (Å²) in [5.74, 6) is -2.14. The van der Waals surface area contributed by atoms with Crippen molar-refractivity contribution in [3.05, 3.63) is 70.4 Å². The van der Waals surface area contributed by atoms with E-state index in [0.717, 1.165) is 68.9 Å². The van der Waals surface area contributed by atoms with Crippen molar-refractivity contribution in [2.45, 2.75) is 56.1 Å². The maximum absolute atomic E-state index is 14.0. The summed E-state index contributed by atoms with van der Waals surface area (Å²) in [6, 6.07) is 8.23. The van der Waals surface area contributed by atoms with Crippen LogP contribution in [0.4, 0.5) is 20.3 Å². The van der Waals surface area contributed by atoms with Gasteiger partial charge < -0.3 is 20.3 Å². The van der Waals surface area contributed by atoms with Crippen LogP contribution in [-0.2, 0) is 33.3 Å². The third kappa shape index (κ3) is 6.95. The van der Waals surface area contributed by atoms with Gasteiger partial charge in [0.1, 0.15) is 11.6 Å². The number of fused-ring (bicyclic) bond motifs is 1. The van der Waals surface area contributed by atoms with Gasteiger partial charge in [0.2, 0.25) is 10.0 Å². The highest BCUT2D eigenvalue weighted by Gasteiger charge is 2.41. The minimum absolute atomic E-state index is 0.0456. The van der Waals surface area contributed by atoms with Gasteiger partial charge in [-0.2, -0.15) is 9.40 Å². The van der Waals surface area contributed by atoms with Gasteiger partial charge in [-0.3, -0.25) is 14.8 Å². The minimum Gasteiger partial charge on any atom is -0.381 e. The predicted molar refractivity (Wildman–Crippen MR) is 170 cm³/mol. The molecule has 248 valence electrons. The number of carbonyl (C=O) groups excluding carboxylic acids is 1. The molecule has 11 nitrogen and oxygen atoms in total. The first-order chi connectivity index (χ1) is 21.9. The Hall–Kier alpha value is -3.43. The molecule has 3 aliphatic rings. The molecule has 0 saturated carbocycles. The lowest BCUT2D eigenvalue weighted by Crippen LogP contribution is -2.45. The number of aromatic nitrogens is 2. The standard InChI is InChI=1S/C32H41F2N7O4S/c1-32(2)20-41(46(43,44)25-16-22(33)15-23(34)17-25)19-27-29(32)37-38-30(27)36-31(42)26-5-4-21(18-40-10-8-39(3)9-11-40)14-28(26)35-24-6-12-45-13-7-24/h4-5,14-17,24,35H,6-13,18-20H2,1-3H3,(H2,36,37,38,42). The van der Waals surface area contributed by atoms with Crippen LogP contribution < -0.4 is 10.6 Å². The molecule has 0 bridgehead atoms. The molecule has 0 radical (unpaired) electrons. The summed E-state index contributed by atoms with van der Waals surface area (Å²) in [5, 5.41) is 13.9. The summed E-state index contributed by atoms with van der Waals surface area (Å²) in [6.45, 7) is 9.65. The first-order valence-corrected chi connectivity index (χ1v) is 17.1. The molecule has 0 unspecified atom stereocenters. The van der Waals surface area contributed by atoms with Gasteiger partial charge in [0.25, 0.3) is 5.91 Å². The van der Waals surface area contributed by atoms with Gasteiger partial charge in [0.15, 0.2) is 5.82 Å². The number of rotatable bonds is 8. The van der Waals surface area contributed by atoms with Gasteiger partial charge in [0.05, 0.1) is 10.5 Å². The Morgan fingerprint density at radius 1 is 1.07 bits per heavy atom. The summed E-state index contributed by atoms with van der Waals surface area (Å²) < 4.78 is 61.7. The number of hydrogen-bond acceptors (Lipinski definition) is 8. The molecule has 3 aliphatic heterocycles. The summed E-state index contributed by atoms with van der Waals surface area (Å²) in [6.07, 6.45) is 1.65. The summed E-state index contributed by atoms with van der Waals surface area (Å²) in [5.41, 5.74) is 2.71. The lowest BCUT2D eigenvalue weighted by Gasteiger charge is -2.36. The fourth-order valence-electron chi connectivity index (χ4n) is 6.44. The van der Waals surface area contributed by atoms with Crippen LogP contribution in [0.3, 0.4) is 0 Å². The normalized spacial score (nSPS) is 19.9. The third-order valence-corrected chi connectivity index (χ3v) is 10.8. The Morgan fingerprint density at radius 2 is 1.76 bits per heavy atom. The van der Waals surface area contributed by atoms with E-state index in [9.17, 15) is 22.0 Å². The van der Waals surface area contributed by atoms with Crippen LogP contribution in [0.1, 0.15) is 53.9 Å². The number of ether oxygens (including phenoxy) is 1. The van der Waals surface area contributed by atoms with E-state index in [-0.39, 0.29) is 30.9 Å². The number of benzene rings is 2. The first kappa shape index (κ1) is 32.5. The Bertz CT molecular complexity index is 1680. The molecule has 4 heterocycles. The van der Waals surface area contributed by atoms with E-state index >= 15 is 0 Å². The maximum Gasteiger partial charge on any atom is 0.258 e. The van der Waals surface area contributed by atoms with Gasteiger partial charge in [-0.05, 0) is 49.7 Å². The second kappa shape index (κ2) is 13.0. The Kier molecular flexibility index (Phi) is 9.18. The number of nitrogens with zero attached hydrogens (tertiary/aromatic N) is 4. The zero-order valence-electron chi connectivity index (χ0n) is 26.4. The highest BCUT2D eigenvalue weighted by atomic mass is 32.2. The molecule has 2 fully saturated rings. The predicted octanol–water partition coefficient (Wildman–Crippen LogP) is 3.76. The molecule has 1 aromatic heterocycles. The number of likely N-dealkylation sites (N-methyl/N-ethyl adjacent to an activating group) is 1. The third-order valence-electron chi connectivity index (χ3n) is 9.07. The molecule has 2 aromatic carbocycles. The number of sulfonamides is 1. The first-order valence-electron chi connectivity index (χ1n) is 15.6. The molecule has 1 amide bonds. The van der Waals surface area contributed by atoms with E-state index in [1.54, 1.807) is 0 Å². The van der Waals surface area contributed by atoms with Crippen LogP contribution in [0.5, 0.6) is 0 Å². The number of hydrogen-bond donors (Lipinski definition) is 3. The van der Waals surface area contributed by atoms with Gasteiger partial charge in [-0.1, -0.05) is 19.9 Å². The fraction of sp³-hybridized carbons (Fsp3) is 0.500. The number of anilines is 2. The molecular formula is C32H41F2N7O4S. The van der Waals surface area contributed by atoms with Crippen molar-refractivity contribution in [3.8, 4) is 0 Å². The monoisotopic (exact) mass is 657 g/mol. The van der Waals surface area contributed by atoms with Gasteiger partial charge in [-0.25, -0.2) is 17.2 Å². The molecule has 0 atom stereocenters. The number of nitrogens with one attached hydrogen (secondary N) is 3. The smallest absolute Gasteiger partial charge is 0.258 e. The zero-order valence-corrected chi connectivity index (χ0v) is 27.2. The highest BCUT2D eigenvalue weighted by Crippen LogP contribution is 2.38. The molecule has 46 heavy (non-hydrogen) atoms. The number of H-pyrrole nitrogens is 1. The van der Waals surface area contributed by atoms with Crippen molar-refractivity contribution in [3.63, 3.8) is 0 Å². The van der Waals surface area contributed by atoms with Crippen molar-refractivity contribution in [2.24, 2.45) is 0 Å². The van der Waals surface area contributed by atoms with Crippen molar-refractivity contribution >= 4 is 27.4 Å². The van der Waals surface area contributed by atoms with E-state index < -0.39 is 32.0 Å². The van der Waals surface area contributed by atoms with E-state index in [4.69, 9.17) is 4.74 Å². The van der Waals surface area contributed by atoms with Crippen molar-refractivity contribution in [1.82, 2.24) is 24.3 Å². The average molecular weight is 658 g/mol. The number of aromatic amines is 1. The van der Waals surface area contributed by atoms with Crippen LogP contribution in [-0.4, -0.2) is 97.7 Å². The van der Waals surface area contributed by atoms with E-state index in [0.29, 0.717) is 36.1 Å². The van der Waals surface area contributed by atoms with Crippen LogP contribution in [0.25, 0.3) is 0 Å². The van der Waals surface area contributed by atoms with Gasteiger partial charge >= 0.3 is 0 Å². The lowest BCUT2D eigenvalue weighted by molar-refractivity contribution is 0.0904. The highest BCUT2D eigenvalue weighted by molar-refractivity contribution is 7.89.